The Hall–Kier alpha value is -2.63. The molecule has 0 radical (unpaired) electrons. The van der Waals surface area contributed by atoms with Crippen LogP contribution in [0.25, 0.3) is 20.9 Å². The summed E-state index contributed by atoms with van der Waals surface area (Å²) < 4.78 is 42.6. The molecular weight excluding hydrogens is 621 g/mol. The van der Waals surface area contributed by atoms with E-state index >= 15 is 0 Å². The highest BCUT2D eigenvalue weighted by molar-refractivity contribution is 9.10. The Morgan fingerprint density at radius 3 is 1.98 bits per heavy atom. The van der Waals surface area contributed by atoms with Crippen LogP contribution in [-0.4, -0.2) is 16.3 Å². The first kappa shape index (κ1) is 30.3. The molecule has 4 N–H and O–H groups in total. The lowest BCUT2D eigenvalue weighted by molar-refractivity contribution is -0.274. The van der Waals surface area contributed by atoms with Crippen molar-refractivity contribution in [3.05, 3.63) is 63.9 Å². The number of benzene rings is 2. The molecule has 0 aliphatic rings. The van der Waals surface area contributed by atoms with Gasteiger partial charge < -0.3 is 16.2 Å². The van der Waals surface area contributed by atoms with Crippen LogP contribution in [0.3, 0.4) is 0 Å². The highest BCUT2D eigenvalue weighted by Gasteiger charge is 2.31. The number of hydrogen-bond acceptors (Lipinski definition) is 7. The van der Waals surface area contributed by atoms with Crippen LogP contribution in [0.2, 0.25) is 0 Å². The Morgan fingerprint density at radius 1 is 0.850 bits per heavy atom. The first-order valence-corrected chi connectivity index (χ1v) is 15.5. The van der Waals surface area contributed by atoms with E-state index in [1.807, 2.05) is 0 Å². The van der Waals surface area contributed by atoms with E-state index in [4.69, 9.17) is 11.5 Å². The lowest BCUT2D eigenvalue weighted by atomic mass is 9.94. The first-order chi connectivity index (χ1) is 18.9. The van der Waals surface area contributed by atoms with Crippen molar-refractivity contribution in [2.45, 2.75) is 59.2 Å². The standard InChI is InChI=1S/C29H32BrF3N4OS2/c1-16(2)4-12-23-26(40-28(35)36-23)19-8-11-22(30)20(15-19)14-17(3)5-13-24-25(39-27(34)37-24)18-6-9-21(10-7-18)38-29(31,32)33/h6-11,15-17H,4-5,12-14H2,1-3H3,(H2,34,37)(H2,35,36). The fourth-order valence-electron chi connectivity index (χ4n) is 4.50. The Balaban J connectivity index is 1.45. The summed E-state index contributed by atoms with van der Waals surface area (Å²) in [6.45, 7) is 6.62. The highest BCUT2D eigenvalue weighted by atomic mass is 79.9. The summed E-state index contributed by atoms with van der Waals surface area (Å²) in [4.78, 5) is 11.1. The number of ether oxygens (including phenoxy) is 1. The number of nitrogen functional groups attached to an aromatic ring is 2. The second kappa shape index (κ2) is 12.9. The zero-order valence-electron chi connectivity index (χ0n) is 22.5. The van der Waals surface area contributed by atoms with Gasteiger partial charge in [0.15, 0.2) is 10.3 Å². The van der Waals surface area contributed by atoms with Crippen LogP contribution in [0.4, 0.5) is 23.4 Å². The maximum absolute atomic E-state index is 12.5. The van der Waals surface area contributed by atoms with Gasteiger partial charge in [-0.2, -0.15) is 0 Å². The fourth-order valence-corrected chi connectivity index (χ4v) is 6.66. The second-order valence-corrected chi connectivity index (χ2v) is 13.2. The van der Waals surface area contributed by atoms with E-state index in [9.17, 15) is 13.2 Å². The lowest BCUT2D eigenvalue weighted by Gasteiger charge is -2.14. The van der Waals surface area contributed by atoms with Crippen LogP contribution in [-0.2, 0) is 19.3 Å². The van der Waals surface area contributed by atoms with Gasteiger partial charge in [-0.3, -0.25) is 0 Å². The summed E-state index contributed by atoms with van der Waals surface area (Å²) in [5.41, 5.74) is 17.1. The van der Waals surface area contributed by atoms with Gasteiger partial charge in [0.05, 0.1) is 21.1 Å². The van der Waals surface area contributed by atoms with Crippen molar-refractivity contribution in [2.24, 2.45) is 11.8 Å². The van der Waals surface area contributed by atoms with Gasteiger partial charge in [0, 0.05) is 4.47 Å². The normalized spacial score (nSPS) is 12.7. The van der Waals surface area contributed by atoms with Crippen molar-refractivity contribution in [2.75, 3.05) is 11.5 Å². The van der Waals surface area contributed by atoms with Gasteiger partial charge in [-0.15, -0.1) is 13.2 Å². The van der Waals surface area contributed by atoms with Crippen molar-refractivity contribution in [3.8, 4) is 26.6 Å². The molecule has 0 spiro atoms. The predicted molar refractivity (Wildman–Crippen MR) is 163 cm³/mol. The van der Waals surface area contributed by atoms with E-state index in [1.54, 1.807) is 12.1 Å². The number of aryl methyl sites for hydroxylation is 2. The summed E-state index contributed by atoms with van der Waals surface area (Å²) in [5.74, 6) is 0.676. The molecule has 2 aromatic heterocycles. The minimum absolute atomic E-state index is 0.259. The average Bonchev–Trinajstić information content (AvgIpc) is 3.44. The number of halogens is 4. The van der Waals surface area contributed by atoms with E-state index in [-0.39, 0.29) is 5.75 Å². The molecule has 2 heterocycles. The van der Waals surface area contributed by atoms with Gasteiger partial charge in [-0.05, 0) is 97.0 Å². The average molecular weight is 654 g/mol. The number of alkyl halides is 3. The maximum atomic E-state index is 12.5. The first-order valence-electron chi connectivity index (χ1n) is 13.0. The summed E-state index contributed by atoms with van der Waals surface area (Å²) in [6.07, 6.45) is -0.327. The van der Waals surface area contributed by atoms with E-state index in [1.165, 1.54) is 40.4 Å². The van der Waals surface area contributed by atoms with Gasteiger partial charge in [0.2, 0.25) is 0 Å². The maximum Gasteiger partial charge on any atom is 0.573 e. The molecule has 0 aliphatic carbocycles. The highest BCUT2D eigenvalue weighted by Crippen LogP contribution is 2.37. The fraction of sp³-hybridized carbons (Fsp3) is 0.379. The van der Waals surface area contributed by atoms with E-state index < -0.39 is 6.36 Å². The van der Waals surface area contributed by atoms with Gasteiger partial charge in [-0.25, -0.2) is 9.97 Å². The molecule has 0 bridgehead atoms. The second-order valence-electron chi connectivity index (χ2n) is 10.3. The van der Waals surface area contributed by atoms with Crippen LogP contribution in [0.1, 0.15) is 50.6 Å². The summed E-state index contributed by atoms with van der Waals surface area (Å²) in [7, 11) is 0. The van der Waals surface area contributed by atoms with Crippen molar-refractivity contribution in [3.63, 3.8) is 0 Å². The third-order valence-electron chi connectivity index (χ3n) is 6.49. The molecule has 0 fully saturated rings. The molecule has 0 amide bonds. The topological polar surface area (TPSA) is 87.0 Å². The summed E-state index contributed by atoms with van der Waals surface area (Å²) in [6, 6.07) is 12.2. The van der Waals surface area contributed by atoms with Crippen molar-refractivity contribution in [1.29, 1.82) is 0 Å². The zero-order valence-corrected chi connectivity index (χ0v) is 25.7. The van der Waals surface area contributed by atoms with Gasteiger partial charge in [0.1, 0.15) is 5.75 Å². The third-order valence-corrected chi connectivity index (χ3v) is 9.21. The molecular formula is C29H32BrF3N4OS2. The molecule has 4 rings (SSSR count). The van der Waals surface area contributed by atoms with Crippen LogP contribution in [0, 0.1) is 11.8 Å². The molecule has 0 saturated heterocycles. The Kier molecular flexibility index (Phi) is 9.79. The van der Waals surface area contributed by atoms with Crippen LogP contribution in [0.15, 0.2) is 46.9 Å². The number of thiazole rings is 2. The number of anilines is 2. The van der Waals surface area contributed by atoms with Gasteiger partial charge in [0.25, 0.3) is 0 Å². The van der Waals surface area contributed by atoms with E-state index in [0.29, 0.717) is 28.5 Å². The Bertz CT molecular complexity index is 1430. The van der Waals surface area contributed by atoms with Crippen LogP contribution in [0.5, 0.6) is 5.75 Å². The van der Waals surface area contributed by atoms with Crippen molar-refractivity contribution < 1.29 is 17.9 Å². The molecule has 4 aromatic rings. The van der Waals surface area contributed by atoms with Gasteiger partial charge >= 0.3 is 6.36 Å². The van der Waals surface area contributed by atoms with Crippen molar-refractivity contribution in [1.82, 2.24) is 9.97 Å². The van der Waals surface area contributed by atoms with Crippen LogP contribution >= 0.6 is 38.6 Å². The number of hydrogen-bond donors (Lipinski definition) is 2. The molecule has 1 atom stereocenters. The minimum atomic E-state index is -4.73. The lowest BCUT2D eigenvalue weighted by Crippen LogP contribution is -2.16. The van der Waals surface area contributed by atoms with Gasteiger partial charge in [-0.1, -0.05) is 65.4 Å². The van der Waals surface area contributed by atoms with E-state index in [2.05, 4.69) is 69.6 Å². The SMILES string of the molecule is CC(C)CCc1nc(N)sc1-c1ccc(Br)c(CC(C)CCc2nc(N)sc2-c2ccc(OC(F)(F)F)cc2)c1. The smallest absolute Gasteiger partial charge is 0.406 e. The number of nitrogens with two attached hydrogens (primary N) is 2. The molecule has 0 aliphatic heterocycles. The molecule has 11 heteroatoms. The largest absolute Gasteiger partial charge is 0.573 e. The molecule has 1 unspecified atom stereocenters. The molecule has 0 saturated carbocycles. The molecule has 40 heavy (non-hydrogen) atoms. The quantitative estimate of drug-likeness (QED) is 0.169. The third kappa shape index (κ3) is 8.20. The van der Waals surface area contributed by atoms with Crippen molar-refractivity contribution >= 4 is 48.9 Å². The molecule has 2 aromatic carbocycles. The number of rotatable bonds is 11. The number of aromatic nitrogens is 2. The predicted octanol–water partition coefficient (Wildman–Crippen LogP) is 9.16. The Labute approximate surface area is 248 Å². The Morgan fingerprint density at radius 2 is 1.40 bits per heavy atom. The molecule has 5 nitrogen and oxygen atoms in total. The minimum Gasteiger partial charge on any atom is -0.406 e. The summed E-state index contributed by atoms with van der Waals surface area (Å²) in [5, 5.41) is 1.02. The van der Waals surface area contributed by atoms with E-state index in [0.717, 1.165) is 62.4 Å². The monoisotopic (exact) mass is 652 g/mol. The zero-order chi connectivity index (χ0) is 29.0. The van der Waals surface area contributed by atoms with Crippen LogP contribution < -0.4 is 16.2 Å². The number of nitrogens with zero attached hydrogens (tertiary/aromatic N) is 2. The summed E-state index contributed by atoms with van der Waals surface area (Å²) >= 11 is 6.59. The molecule has 214 valence electrons.